The van der Waals surface area contributed by atoms with Gasteiger partial charge >= 0.3 is 0 Å². The Hall–Kier alpha value is -1.17. The normalized spacial score (nSPS) is 17.6. The number of anilines is 1. The molecule has 0 fully saturated rings. The number of hydrogen-bond donors (Lipinski definition) is 1. The van der Waals surface area contributed by atoms with Crippen LogP contribution < -0.4 is 10.1 Å². The van der Waals surface area contributed by atoms with Crippen LogP contribution in [0.5, 0.6) is 5.75 Å². The summed E-state index contributed by atoms with van der Waals surface area (Å²) < 4.78 is 12.8. The Morgan fingerprint density at radius 3 is 2.22 bits per heavy atom. The van der Waals surface area contributed by atoms with E-state index in [1.54, 1.807) is 0 Å². The third kappa shape index (κ3) is 3.23. The number of rotatable bonds is 1. The fraction of sp³-hybridized carbons (Fsp3) is 0.474. The molecule has 2 heterocycles. The molecule has 23 heavy (non-hydrogen) atoms. The predicted octanol–water partition coefficient (Wildman–Crippen LogP) is 5.98. The number of hydrogen-bond acceptors (Lipinski definition) is 3. The summed E-state index contributed by atoms with van der Waals surface area (Å²) >= 11 is 2.17. The topological polar surface area (TPSA) is 34.4 Å². The summed E-state index contributed by atoms with van der Waals surface area (Å²) in [5, 5.41) is 3.47. The zero-order valence-electron chi connectivity index (χ0n) is 14.6. The zero-order chi connectivity index (χ0) is 17.0. The highest BCUT2D eigenvalue weighted by molar-refractivity contribution is 14.1. The summed E-state index contributed by atoms with van der Waals surface area (Å²) in [5.41, 5.74) is 3.70. The molecule has 0 amide bonds. The molecule has 2 aromatic rings. The van der Waals surface area contributed by atoms with Crippen LogP contribution in [0.25, 0.3) is 0 Å². The summed E-state index contributed by atoms with van der Waals surface area (Å²) in [7, 11) is 0. The van der Waals surface area contributed by atoms with Gasteiger partial charge in [0, 0.05) is 5.56 Å². The predicted molar refractivity (Wildman–Crippen MR) is 102 cm³/mol. The Kier molecular flexibility index (Phi) is 3.94. The second kappa shape index (κ2) is 5.43. The molecule has 1 aliphatic rings. The highest BCUT2D eigenvalue weighted by atomic mass is 127. The second-order valence-electron chi connectivity index (χ2n) is 8.18. The van der Waals surface area contributed by atoms with Crippen molar-refractivity contribution < 1.29 is 9.15 Å². The van der Waals surface area contributed by atoms with Crippen molar-refractivity contribution in [3.05, 3.63) is 44.9 Å². The van der Waals surface area contributed by atoms with E-state index in [1.165, 1.54) is 11.1 Å². The average molecular weight is 425 g/mol. The van der Waals surface area contributed by atoms with Gasteiger partial charge in [0.2, 0.25) is 6.23 Å². The number of furan rings is 1. The van der Waals surface area contributed by atoms with Gasteiger partial charge in [-0.1, -0.05) is 47.6 Å². The monoisotopic (exact) mass is 425 g/mol. The lowest BCUT2D eigenvalue weighted by Gasteiger charge is -2.26. The molecular weight excluding hydrogens is 401 g/mol. The third-order valence-corrected chi connectivity index (χ3v) is 4.72. The maximum Gasteiger partial charge on any atom is 0.229 e. The number of ether oxygens (including phenoxy) is 1. The number of benzene rings is 1. The standard InChI is InChI=1S/C19H24INO2/c1-18(2,3)11-9-12(19(4,5)6)16-13(10-11)21-17(23-16)14-7-8-15(20)22-14/h7-10,17,21H,1-6H3/t17-/m0/s1. The minimum Gasteiger partial charge on any atom is -0.461 e. The van der Waals surface area contributed by atoms with Crippen LogP contribution in [-0.2, 0) is 10.8 Å². The quantitative estimate of drug-likeness (QED) is 0.571. The number of fused-ring (bicyclic) bond motifs is 1. The lowest BCUT2D eigenvalue weighted by molar-refractivity contribution is 0.218. The Balaban J connectivity index is 2.07. The summed E-state index contributed by atoms with van der Waals surface area (Å²) in [6, 6.07) is 8.41. The first kappa shape index (κ1) is 16.7. The molecule has 0 radical (unpaired) electrons. The molecule has 1 aromatic heterocycles. The molecule has 1 N–H and O–H groups in total. The first-order valence-electron chi connectivity index (χ1n) is 7.93. The molecule has 0 spiro atoms. The minimum atomic E-state index is -0.259. The Morgan fingerprint density at radius 1 is 1.00 bits per heavy atom. The van der Waals surface area contributed by atoms with Gasteiger partial charge in [0.05, 0.1) is 5.69 Å². The maximum atomic E-state index is 6.22. The molecule has 0 saturated heterocycles. The van der Waals surface area contributed by atoms with Crippen molar-refractivity contribution in [1.29, 1.82) is 0 Å². The van der Waals surface area contributed by atoms with E-state index in [4.69, 9.17) is 9.15 Å². The van der Waals surface area contributed by atoms with Gasteiger partial charge in [-0.05, 0) is 57.2 Å². The zero-order valence-corrected chi connectivity index (χ0v) is 16.7. The van der Waals surface area contributed by atoms with Crippen molar-refractivity contribution in [3.8, 4) is 5.75 Å². The molecule has 0 unspecified atom stereocenters. The minimum absolute atomic E-state index is 0.0134. The van der Waals surface area contributed by atoms with Gasteiger partial charge in [-0.15, -0.1) is 0 Å². The number of nitrogens with one attached hydrogen (secondary N) is 1. The SMILES string of the molecule is CC(C)(C)c1cc2c(c(C(C)(C)C)c1)O[C@@H](c1ccc(I)o1)N2. The van der Waals surface area contributed by atoms with Gasteiger partial charge < -0.3 is 14.5 Å². The summed E-state index contributed by atoms with van der Waals surface area (Å²) in [6.45, 7) is 13.4. The summed E-state index contributed by atoms with van der Waals surface area (Å²) in [6.07, 6.45) is -0.259. The first-order valence-corrected chi connectivity index (χ1v) is 9.01. The molecule has 0 bridgehead atoms. The Bertz CT molecular complexity index is 735. The molecule has 1 aromatic carbocycles. The molecule has 0 saturated carbocycles. The Labute approximate surface area is 151 Å². The molecule has 1 aliphatic heterocycles. The number of halogens is 1. The van der Waals surface area contributed by atoms with E-state index in [-0.39, 0.29) is 17.1 Å². The van der Waals surface area contributed by atoms with Crippen molar-refractivity contribution in [1.82, 2.24) is 0 Å². The van der Waals surface area contributed by atoms with E-state index in [0.717, 1.165) is 21.0 Å². The molecule has 124 valence electrons. The maximum absolute atomic E-state index is 6.22. The molecule has 4 heteroatoms. The van der Waals surface area contributed by atoms with Crippen molar-refractivity contribution >= 4 is 28.3 Å². The lowest BCUT2D eigenvalue weighted by atomic mass is 9.80. The van der Waals surface area contributed by atoms with Gasteiger partial charge in [-0.3, -0.25) is 0 Å². The largest absolute Gasteiger partial charge is 0.461 e. The molecule has 3 rings (SSSR count). The van der Waals surface area contributed by atoms with E-state index in [2.05, 4.69) is 81.6 Å². The molecular formula is C19H24INO2. The lowest BCUT2D eigenvalue weighted by Crippen LogP contribution is -2.17. The van der Waals surface area contributed by atoms with Gasteiger partial charge in [0.1, 0.15) is 5.75 Å². The smallest absolute Gasteiger partial charge is 0.229 e. The fourth-order valence-electron chi connectivity index (χ4n) is 2.74. The van der Waals surface area contributed by atoms with Gasteiger partial charge in [0.15, 0.2) is 9.53 Å². The van der Waals surface area contributed by atoms with Crippen LogP contribution in [-0.4, -0.2) is 0 Å². The van der Waals surface area contributed by atoms with Crippen LogP contribution in [0.3, 0.4) is 0 Å². The third-order valence-electron chi connectivity index (χ3n) is 4.14. The van der Waals surface area contributed by atoms with E-state index in [0.29, 0.717) is 0 Å². The highest BCUT2D eigenvalue weighted by Gasteiger charge is 2.33. The highest BCUT2D eigenvalue weighted by Crippen LogP contribution is 2.47. The van der Waals surface area contributed by atoms with E-state index in [9.17, 15) is 0 Å². The van der Waals surface area contributed by atoms with E-state index < -0.39 is 0 Å². The van der Waals surface area contributed by atoms with Gasteiger partial charge in [-0.25, -0.2) is 0 Å². The van der Waals surface area contributed by atoms with Gasteiger partial charge in [-0.2, -0.15) is 0 Å². The van der Waals surface area contributed by atoms with Crippen LogP contribution >= 0.6 is 22.6 Å². The second-order valence-corrected chi connectivity index (χ2v) is 9.25. The van der Waals surface area contributed by atoms with Crippen LogP contribution in [0.2, 0.25) is 0 Å². The summed E-state index contributed by atoms with van der Waals surface area (Å²) in [5.74, 6) is 1.75. The van der Waals surface area contributed by atoms with Crippen LogP contribution in [0.15, 0.2) is 28.7 Å². The molecule has 3 nitrogen and oxygen atoms in total. The van der Waals surface area contributed by atoms with Crippen LogP contribution in [0.1, 0.15) is 64.7 Å². The van der Waals surface area contributed by atoms with E-state index in [1.807, 2.05) is 12.1 Å². The Morgan fingerprint density at radius 2 is 1.70 bits per heavy atom. The van der Waals surface area contributed by atoms with E-state index >= 15 is 0 Å². The first-order chi connectivity index (χ1) is 10.6. The fourth-order valence-corrected chi connectivity index (χ4v) is 3.17. The van der Waals surface area contributed by atoms with Crippen molar-refractivity contribution in [3.63, 3.8) is 0 Å². The van der Waals surface area contributed by atoms with Crippen LogP contribution in [0.4, 0.5) is 5.69 Å². The van der Waals surface area contributed by atoms with Gasteiger partial charge in [0.25, 0.3) is 0 Å². The summed E-state index contributed by atoms with van der Waals surface area (Å²) in [4.78, 5) is 0. The van der Waals surface area contributed by atoms with Crippen molar-refractivity contribution in [2.24, 2.45) is 0 Å². The molecule has 1 atom stereocenters. The van der Waals surface area contributed by atoms with Crippen molar-refractivity contribution in [2.45, 2.75) is 58.6 Å². The van der Waals surface area contributed by atoms with Crippen molar-refractivity contribution in [2.75, 3.05) is 5.32 Å². The average Bonchev–Trinajstić information content (AvgIpc) is 3.00. The molecule has 0 aliphatic carbocycles. The van der Waals surface area contributed by atoms with Crippen LogP contribution in [0, 0.1) is 3.77 Å².